The third-order valence-corrected chi connectivity index (χ3v) is 2.70. The first-order chi connectivity index (χ1) is 7.33. The van der Waals surface area contributed by atoms with Gasteiger partial charge in [0.25, 0.3) is 0 Å². The second kappa shape index (κ2) is 3.16. The molecule has 1 atom stereocenters. The number of nitrogens with zero attached hydrogens (tertiary/aromatic N) is 5. The SMILES string of the molecule is N[C@@H]1CCN(c2ccc3nncn3n2)C1. The molecule has 0 amide bonds. The number of nitrogens with two attached hydrogens (primary N) is 1. The molecule has 0 radical (unpaired) electrons. The first-order valence-electron chi connectivity index (χ1n) is 5.00. The van der Waals surface area contributed by atoms with Gasteiger partial charge in [-0.3, -0.25) is 0 Å². The van der Waals surface area contributed by atoms with Crippen molar-refractivity contribution in [1.82, 2.24) is 19.8 Å². The topological polar surface area (TPSA) is 72.3 Å². The van der Waals surface area contributed by atoms with E-state index in [2.05, 4.69) is 20.2 Å². The summed E-state index contributed by atoms with van der Waals surface area (Å²) in [6.45, 7) is 1.85. The fourth-order valence-electron chi connectivity index (χ4n) is 1.88. The van der Waals surface area contributed by atoms with Crippen molar-refractivity contribution < 1.29 is 0 Å². The van der Waals surface area contributed by atoms with E-state index in [0.29, 0.717) is 0 Å². The fraction of sp³-hybridized carbons (Fsp3) is 0.444. The fourth-order valence-corrected chi connectivity index (χ4v) is 1.88. The maximum absolute atomic E-state index is 5.85. The number of hydrogen-bond acceptors (Lipinski definition) is 5. The second-order valence-electron chi connectivity index (χ2n) is 3.82. The van der Waals surface area contributed by atoms with Gasteiger partial charge in [0.1, 0.15) is 12.1 Å². The van der Waals surface area contributed by atoms with Gasteiger partial charge in [-0.2, -0.15) is 4.52 Å². The van der Waals surface area contributed by atoms with Gasteiger partial charge in [0.05, 0.1) is 0 Å². The van der Waals surface area contributed by atoms with Crippen LogP contribution in [0.2, 0.25) is 0 Å². The lowest BCUT2D eigenvalue weighted by atomic mass is 10.3. The normalized spacial score (nSPS) is 21.4. The molecular formula is C9H12N6. The zero-order valence-corrected chi connectivity index (χ0v) is 8.24. The Labute approximate surface area is 86.7 Å². The van der Waals surface area contributed by atoms with E-state index in [0.717, 1.165) is 31.0 Å². The van der Waals surface area contributed by atoms with Crippen LogP contribution in [0.4, 0.5) is 5.82 Å². The van der Waals surface area contributed by atoms with Crippen molar-refractivity contribution in [2.24, 2.45) is 5.73 Å². The predicted molar refractivity (Wildman–Crippen MR) is 55.6 cm³/mol. The van der Waals surface area contributed by atoms with Crippen molar-refractivity contribution in [3.63, 3.8) is 0 Å². The van der Waals surface area contributed by atoms with E-state index in [1.807, 2.05) is 12.1 Å². The largest absolute Gasteiger partial charge is 0.354 e. The Morgan fingerprint density at radius 2 is 2.33 bits per heavy atom. The van der Waals surface area contributed by atoms with Crippen molar-refractivity contribution in [2.75, 3.05) is 18.0 Å². The van der Waals surface area contributed by atoms with Crippen molar-refractivity contribution in [3.8, 4) is 0 Å². The molecule has 15 heavy (non-hydrogen) atoms. The number of anilines is 1. The lowest BCUT2D eigenvalue weighted by Gasteiger charge is -2.15. The lowest BCUT2D eigenvalue weighted by Crippen LogP contribution is -2.27. The maximum atomic E-state index is 5.85. The van der Waals surface area contributed by atoms with Gasteiger partial charge in [-0.1, -0.05) is 0 Å². The summed E-state index contributed by atoms with van der Waals surface area (Å²) >= 11 is 0. The average Bonchev–Trinajstić information content (AvgIpc) is 2.84. The molecule has 0 aromatic carbocycles. The Kier molecular flexibility index (Phi) is 1.81. The first kappa shape index (κ1) is 8.60. The Balaban J connectivity index is 1.97. The van der Waals surface area contributed by atoms with Crippen LogP contribution in [-0.4, -0.2) is 38.9 Å². The monoisotopic (exact) mass is 204 g/mol. The zero-order chi connectivity index (χ0) is 10.3. The van der Waals surface area contributed by atoms with Crippen LogP contribution < -0.4 is 10.6 Å². The zero-order valence-electron chi connectivity index (χ0n) is 8.24. The minimum Gasteiger partial charge on any atom is -0.354 e. The van der Waals surface area contributed by atoms with Gasteiger partial charge < -0.3 is 10.6 Å². The van der Waals surface area contributed by atoms with E-state index in [-0.39, 0.29) is 6.04 Å². The summed E-state index contributed by atoms with van der Waals surface area (Å²) in [5.74, 6) is 0.940. The molecule has 6 heteroatoms. The Morgan fingerprint density at radius 3 is 3.13 bits per heavy atom. The molecule has 1 aliphatic rings. The van der Waals surface area contributed by atoms with Crippen LogP contribution in [0.15, 0.2) is 18.5 Å². The van der Waals surface area contributed by atoms with Crippen molar-refractivity contribution in [3.05, 3.63) is 18.5 Å². The molecule has 3 rings (SSSR count). The predicted octanol–water partition coefficient (Wildman–Crippen LogP) is -0.338. The Hall–Kier alpha value is -1.69. The summed E-state index contributed by atoms with van der Waals surface area (Å²) in [4.78, 5) is 2.18. The highest BCUT2D eigenvalue weighted by Crippen LogP contribution is 2.16. The molecule has 1 aliphatic heterocycles. The highest BCUT2D eigenvalue weighted by Gasteiger charge is 2.20. The number of fused-ring (bicyclic) bond motifs is 1. The molecule has 0 bridgehead atoms. The van der Waals surface area contributed by atoms with E-state index >= 15 is 0 Å². The van der Waals surface area contributed by atoms with Crippen molar-refractivity contribution >= 4 is 11.5 Å². The molecule has 0 saturated carbocycles. The molecular weight excluding hydrogens is 192 g/mol. The Bertz CT molecular complexity index is 478. The quantitative estimate of drug-likeness (QED) is 0.688. The van der Waals surface area contributed by atoms with E-state index in [1.54, 1.807) is 10.8 Å². The number of hydrogen-bond donors (Lipinski definition) is 1. The average molecular weight is 204 g/mol. The summed E-state index contributed by atoms with van der Waals surface area (Å²) in [6, 6.07) is 4.14. The molecule has 0 spiro atoms. The van der Waals surface area contributed by atoms with Gasteiger partial charge >= 0.3 is 0 Å². The van der Waals surface area contributed by atoms with Crippen LogP contribution >= 0.6 is 0 Å². The standard InChI is InChI=1S/C9H12N6/c10-7-3-4-14(5-7)9-2-1-8-12-11-6-15(8)13-9/h1-2,6-7H,3-5,10H2/t7-/m1/s1. The lowest BCUT2D eigenvalue weighted by molar-refractivity contribution is 0.750. The molecule has 2 aromatic rings. The smallest absolute Gasteiger partial charge is 0.177 e. The summed E-state index contributed by atoms with van der Waals surface area (Å²) in [6.07, 6.45) is 2.64. The second-order valence-corrected chi connectivity index (χ2v) is 3.82. The highest BCUT2D eigenvalue weighted by atomic mass is 15.4. The van der Waals surface area contributed by atoms with E-state index in [9.17, 15) is 0 Å². The molecule has 0 aliphatic carbocycles. The first-order valence-corrected chi connectivity index (χ1v) is 5.00. The minimum atomic E-state index is 0.267. The van der Waals surface area contributed by atoms with Gasteiger partial charge in [0, 0.05) is 19.1 Å². The minimum absolute atomic E-state index is 0.267. The number of rotatable bonds is 1. The van der Waals surface area contributed by atoms with Crippen LogP contribution in [0.3, 0.4) is 0 Å². The van der Waals surface area contributed by atoms with Gasteiger partial charge in [-0.05, 0) is 18.6 Å². The maximum Gasteiger partial charge on any atom is 0.177 e. The van der Waals surface area contributed by atoms with Crippen molar-refractivity contribution in [1.29, 1.82) is 0 Å². The van der Waals surface area contributed by atoms with Crippen LogP contribution in [0, 0.1) is 0 Å². The van der Waals surface area contributed by atoms with Gasteiger partial charge in [-0.15, -0.1) is 15.3 Å². The highest BCUT2D eigenvalue weighted by molar-refractivity contribution is 5.45. The van der Waals surface area contributed by atoms with Crippen LogP contribution in [-0.2, 0) is 0 Å². The molecule has 0 unspecified atom stereocenters. The molecule has 1 saturated heterocycles. The molecule has 2 N–H and O–H groups in total. The van der Waals surface area contributed by atoms with Crippen LogP contribution in [0.5, 0.6) is 0 Å². The van der Waals surface area contributed by atoms with Gasteiger partial charge in [0.2, 0.25) is 0 Å². The van der Waals surface area contributed by atoms with Crippen LogP contribution in [0.1, 0.15) is 6.42 Å². The molecule has 78 valence electrons. The van der Waals surface area contributed by atoms with Gasteiger partial charge in [0.15, 0.2) is 5.65 Å². The van der Waals surface area contributed by atoms with E-state index in [4.69, 9.17) is 5.73 Å². The summed E-state index contributed by atoms with van der Waals surface area (Å²) < 4.78 is 1.68. The summed E-state index contributed by atoms with van der Waals surface area (Å²) in [7, 11) is 0. The summed E-state index contributed by atoms with van der Waals surface area (Å²) in [5.41, 5.74) is 6.62. The van der Waals surface area contributed by atoms with Crippen molar-refractivity contribution in [2.45, 2.75) is 12.5 Å². The third kappa shape index (κ3) is 1.42. The van der Waals surface area contributed by atoms with E-state index in [1.165, 1.54) is 0 Å². The number of aromatic nitrogens is 4. The molecule has 1 fully saturated rings. The third-order valence-electron chi connectivity index (χ3n) is 2.70. The van der Waals surface area contributed by atoms with Gasteiger partial charge in [-0.25, -0.2) is 0 Å². The van der Waals surface area contributed by atoms with Crippen LogP contribution in [0.25, 0.3) is 5.65 Å². The molecule has 3 heterocycles. The molecule has 6 nitrogen and oxygen atoms in total. The summed E-state index contributed by atoms with van der Waals surface area (Å²) in [5, 5.41) is 12.1. The molecule has 2 aromatic heterocycles. The van der Waals surface area contributed by atoms with E-state index < -0.39 is 0 Å². The Morgan fingerprint density at radius 1 is 1.40 bits per heavy atom.